The molecule has 34 heavy (non-hydrogen) atoms. The maximum Gasteiger partial charge on any atom is 0.422 e. The highest BCUT2D eigenvalue weighted by molar-refractivity contribution is 6.35. The summed E-state index contributed by atoms with van der Waals surface area (Å²) in [6, 6.07) is 8.05. The number of aliphatic imine (C=N–C) groups is 1. The fourth-order valence-electron chi connectivity index (χ4n) is 3.80. The number of imide groups is 1. The maximum atomic E-state index is 14.5. The van der Waals surface area contributed by atoms with Crippen molar-refractivity contribution in [1.82, 2.24) is 10.6 Å². The lowest BCUT2D eigenvalue weighted by Crippen LogP contribution is -2.72. The van der Waals surface area contributed by atoms with E-state index in [0.29, 0.717) is 4.90 Å². The smallest absolute Gasteiger partial charge is 0.422 e. The average Bonchev–Trinajstić information content (AvgIpc) is 3.08. The SMILES string of the molecule is COc1ccccc1C(=O)NC1(C(F)(F)F)C(=O)N=C2C1C(=O)NC(=O)N2c1ccc(F)cc1. The van der Waals surface area contributed by atoms with E-state index in [2.05, 4.69) is 4.99 Å². The number of alkyl halides is 3. The molecule has 2 aromatic rings. The van der Waals surface area contributed by atoms with Crippen LogP contribution >= 0.6 is 0 Å². The first-order chi connectivity index (χ1) is 16.0. The highest BCUT2D eigenvalue weighted by atomic mass is 19.4. The predicted molar refractivity (Wildman–Crippen MR) is 108 cm³/mol. The number of ether oxygens (including phenoxy) is 1. The van der Waals surface area contributed by atoms with Crippen molar-refractivity contribution in [2.75, 3.05) is 12.0 Å². The zero-order chi connectivity index (χ0) is 24.8. The number of benzene rings is 2. The Morgan fingerprint density at radius 3 is 2.38 bits per heavy atom. The van der Waals surface area contributed by atoms with E-state index in [9.17, 15) is 36.7 Å². The second-order valence-corrected chi connectivity index (χ2v) is 7.27. The minimum absolute atomic E-state index is 0.0832. The monoisotopic (exact) mass is 478 g/mol. The van der Waals surface area contributed by atoms with Gasteiger partial charge in [0.1, 0.15) is 23.3 Å². The molecule has 0 radical (unpaired) electrons. The van der Waals surface area contributed by atoms with Gasteiger partial charge in [-0.3, -0.25) is 19.7 Å². The third kappa shape index (κ3) is 3.36. The van der Waals surface area contributed by atoms with E-state index in [0.717, 1.165) is 30.3 Å². The lowest BCUT2D eigenvalue weighted by molar-refractivity contribution is -0.201. The van der Waals surface area contributed by atoms with Crippen LogP contribution in [0.3, 0.4) is 0 Å². The number of carbonyl (C=O) groups excluding carboxylic acids is 4. The summed E-state index contributed by atoms with van der Waals surface area (Å²) >= 11 is 0. The highest BCUT2D eigenvalue weighted by Gasteiger charge is 2.74. The summed E-state index contributed by atoms with van der Waals surface area (Å²) in [6.07, 6.45) is -5.51. The summed E-state index contributed by atoms with van der Waals surface area (Å²) in [5, 5.41) is 3.37. The Labute approximate surface area is 188 Å². The molecule has 0 aromatic heterocycles. The van der Waals surface area contributed by atoms with Crippen molar-refractivity contribution in [3.8, 4) is 5.75 Å². The van der Waals surface area contributed by atoms with Crippen LogP contribution in [0.15, 0.2) is 53.5 Å². The first kappa shape index (κ1) is 22.9. The number of hydrogen-bond acceptors (Lipinski definition) is 5. The van der Waals surface area contributed by atoms with E-state index >= 15 is 0 Å². The van der Waals surface area contributed by atoms with Gasteiger partial charge in [0.25, 0.3) is 11.8 Å². The Bertz CT molecular complexity index is 1240. The molecule has 5 amide bonds. The normalized spacial score (nSPS) is 22.1. The number of nitrogens with zero attached hydrogens (tertiary/aromatic N) is 2. The Morgan fingerprint density at radius 2 is 1.76 bits per heavy atom. The number of halogens is 4. The summed E-state index contributed by atoms with van der Waals surface area (Å²) in [5.41, 5.74) is -4.31. The van der Waals surface area contributed by atoms with E-state index in [-0.39, 0.29) is 17.0 Å². The number of hydrogen-bond donors (Lipinski definition) is 2. The van der Waals surface area contributed by atoms with E-state index < -0.39 is 53.0 Å². The summed E-state index contributed by atoms with van der Waals surface area (Å²) in [7, 11) is 1.19. The van der Waals surface area contributed by atoms with Gasteiger partial charge >= 0.3 is 12.2 Å². The molecule has 2 aliphatic rings. The van der Waals surface area contributed by atoms with E-state index in [1.54, 1.807) is 10.6 Å². The van der Waals surface area contributed by atoms with Crippen LogP contribution in [0.1, 0.15) is 10.4 Å². The molecule has 1 fully saturated rings. The standard InChI is InChI=1S/C21H14F4N4O5/c1-34-13-5-3-2-4-12(13)16(30)28-20(21(23,24)25)14-15(26-18(20)32)29(19(33)27-17(14)31)11-8-6-10(22)7-9-11/h2-9,14H,1H3,(H,28,30)(H,27,31,33). The molecular formula is C21H14F4N4O5. The van der Waals surface area contributed by atoms with Crippen LogP contribution in [0.5, 0.6) is 5.75 Å². The van der Waals surface area contributed by atoms with Crippen molar-refractivity contribution in [3.63, 3.8) is 0 Å². The summed E-state index contributed by atoms with van der Waals surface area (Å²) in [5.74, 6) is -8.85. The van der Waals surface area contributed by atoms with Gasteiger partial charge in [-0.05, 0) is 36.4 Å². The number of rotatable bonds is 4. The number of nitrogens with one attached hydrogen (secondary N) is 2. The molecule has 2 heterocycles. The predicted octanol–water partition coefficient (Wildman–Crippen LogP) is 2.18. The molecule has 0 aliphatic carbocycles. The van der Waals surface area contributed by atoms with Crippen molar-refractivity contribution in [2.24, 2.45) is 10.9 Å². The highest BCUT2D eigenvalue weighted by Crippen LogP contribution is 2.44. The quantitative estimate of drug-likeness (QED) is 0.654. The van der Waals surface area contributed by atoms with Crippen molar-refractivity contribution in [1.29, 1.82) is 0 Å². The van der Waals surface area contributed by atoms with Crippen LogP contribution in [-0.4, -0.2) is 48.4 Å². The van der Waals surface area contributed by atoms with Gasteiger partial charge in [0.05, 0.1) is 18.4 Å². The van der Waals surface area contributed by atoms with E-state index in [1.807, 2.05) is 0 Å². The van der Waals surface area contributed by atoms with Gasteiger partial charge < -0.3 is 10.1 Å². The molecule has 176 valence electrons. The molecule has 2 atom stereocenters. The van der Waals surface area contributed by atoms with Crippen molar-refractivity contribution < 1.29 is 41.5 Å². The second-order valence-electron chi connectivity index (χ2n) is 7.27. The Kier molecular flexibility index (Phi) is 5.34. The molecule has 4 rings (SSSR count). The number of para-hydroxylation sites is 1. The van der Waals surface area contributed by atoms with Gasteiger partial charge in [0.15, 0.2) is 0 Å². The minimum Gasteiger partial charge on any atom is -0.496 e. The molecule has 0 bridgehead atoms. The molecule has 0 saturated carbocycles. The minimum atomic E-state index is -5.51. The first-order valence-corrected chi connectivity index (χ1v) is 9.57. The van der Waals surface area contributed by atoms with Crippen LogP contribution in [0.4, 0.5) is 28.0 Å². The van der Waals surface area contributed by atoms with Crippen LogP contribution in [-0.2, 0) is 9.59 Å². The zero-order valence-electron chi connectivity index (χ0n) is 17.1. The molecular weight excluding hydrogens is 464 g/mol. The zero-order valence-corrected chi connectivity index (χ0v) is 17.1. The summed E-state index contributed by atoms with van der Waals surface area (Å²) in [4.78, 5) is 54.6. The van der Waals surface area contributed by atoms with Crippen LogP contribution in [0.25, 0.3) is 0 Å². The Hall–Kier alpha value is -4.29. The van der Waals surface area contributed by atoms with Gasteiger partial charge in [-0.1, -0.05) is 12.1 Å². The molecule has 2 aliphatic heterocycles. The van der Waals surface area contributed by atoms with Gasteiger partial charge in [-0.2, -0.15) is 18.2 Å². The number of amides is 5. The summed E-state index contributed by atoms with van der Waals surface area (Å²) < 4.78 is 61.7. The largest absolute Gasteiger partial charge is 0.496 e. The van der Waals surface area contributed by atoms with Crippen molar-refractivity contribution >= 4 is 35.3 Å². The topological polar surface area (TPSA) is 117 Å². The number of methoxy groups -OCH3 is 1. The van der Waals surface area contributed by atoms with Crippen LogP contribution in [0, 0.1) is 11.7 Å². The van der Waals surface area contributed by atoms with Crippen LogP contribution in [0.2, 0.25) is 0 Å². The third-order valence-electron chi connectivity index (χ3n) is 5.36. The van der Waals surface area contributed by atoms with Gasteiger partial charge in [-0.15, -0.1) is 0 Å². The molecule has 0 spiro atoms. The van der Waals surface area contributed by atoms with Gasteiger partial charge in [0, 0.05) is 0 Å². The molecule has 13 heteroatoms. The van der Waals surface area contributed by atoms with Crippen molar-refractivity contribution in [3.05, 3.63) is 59.9 Å². The maximum absolute atomic E-state index is 14.5. The number of fused-ring (bicyclic) bond motifs is 1. The van der Waals surface area contributed by atoms with Gasteiger partial charge in [0.2, 0.25) is 11.4 Å². The Balaban J connectivity index is 1.83. The Morgan fingerprint density at radius 1 is 1.12 bits per heavy atom. The van der Waals surface area contributed by atoms with Crippen molar-refractivity contribution in [2.45, 2.75) is 11.7 Å². The number of carbonyl (C=O) groups is 4. The fourth-order valence-corrected chi connectivity index (χ4v) is 3.80. The van der Waals surface area contributed by atoms with E-state index in [4.69, 9.17) is 4.74 Å². The molecule has 2 N–H and O–H groups in total. The summed E-state index contributed by atoms with van der Waals surface area (Å²) in [6.45, 7) is 0. The van der Waals surface area contributed by atoms with Crippen LogP contribution < -0.4 is 20.3 Å². The first-order valence-electron chi connectivity index (χ1n) is 9.57. The molecule has 2 aromatic carbocycles. The average molecular weight is 478 g/mol. The fraction of sp³-hybridized carbons (Fsp3) is 0.190. The van der Waals surface area contributed by atoms with E-state index in [1.165, 1.54) is 25.3 Å². The lowest BCUT2D eigenvalue weighted by Gasteiger charge is -2.39. The third-order valence-corrected chi connectivity index (χ3v) is 5.36. The number of urea groups is 1. The molecule has 1 saturated heterocycles. The number of anilines is 1. The van der Waals surface area contributed by atoms with Gasteiger partial charge in [-0.25, -0.2) is 14.1 Å². The second kappa shape index (κ2) is 7.93. The molecule has 2 unspecified atom stereocenters. The molecule has 9 nitrogen and oxygen atoms in total. The number of amidine groups is 1. The lowest BCUT2D eigenvalue weighted by atomic mass is 9.81.